The van der Waals surface area contributed by atoms with Crippen LogP contribution in [0.5, 0.6) is 0 Å². The van der Waals surface area contributed by atoms with Gasteiger partial charge in [-0.2, -0.15) is 0 Å². The van der Waals surface area contributed by atoms with Gasteiger partial charge in [0.05, 0.1) is 6.54 Å². The molecule has 2 fully saturated rings. The quantitative estimate of drug-likeness (QED) is 0.888. The first-order valence-corrected chi connectivity index (χ1v) is 8.63. The van der Waals surface area contributed by atoms with E-state index in [0.717, 1.165) is 31.4 Å². The predicted molar refractivity (Wildman–Crippen MR) is 88.2 cm³/mol. The molecule has 5 nitrogen and oxygen atoms in total. The lowest BCUT2D eigenvalue weighted by Crippen LogP contribution is -2.42. The van der Waals surface area contributed by atoms with Crippen molar-refractivity contribution in [3.05, 3.63) is 29.3 Å². The van der Waals surface area contributed by atoms with E-state index < -0.39 is 0 Å². The maximum absolute atomic E-state index is 12.4. The smallest absolute Gasteiger partial charge is 0.238 e. The molecule has 23 heavy (non-hydrogen) atoms. The second-order valence-corrected chi connectivity index (χ2v) is 6.95. The van der Waals surface area contributed by atoms with E-state index in [0.29, 0.717) is 25.6 Å². The zero-order chi connectivity index (χ0) is 15.8. The minimum absolute atomic E-state index is 0.0224. The first-order valence-electron chi connectivity index (χ1n) is 8.63. The Labute approximate surface area is 136 Å². The minimum Gasteiger partial charge on any atom is -0.354 e. The van der Waals surface area contributed by atoms with E-state index in [-0.39, 0.29) is 17.9 Å². The van der Waals surface area contributed by atoms with Gasteiger partial charge in [-0.15, -0.1) is 0 Å². The van der Waals surface area contributed by atoms with Crippen LogP contribution in [0.3, 0.4) is 0 Å². The summed E-state index contributed by atoms with van der Waals surface area (Å²) in [4.78, 5) is 26.3. The molecule has 2 bridgehead atoms. The van der Waals surface area contributed by atoms with Crippen LogP contribution in [0, 0.1) is 0 Å². The fourth-order valence-electron chi connectivity index (χ4n) is 4.25. The number of hydrogen-bond acceptors (Lipinski definition) is 3. The van der Waals surface area contributed by atoms with Crippen molar-refractivity contribution in [2.75, 3.05) is 18.4 Å². The van der Waals surface area contributed by atoms with Gasteiger partial charge in [0.25, 0.3) is 0 Å². The minimum atomic E-state index is 0.0224. The number of nitrogens with one attached hydrogen (secondary N) is 2. The summed E-state index contributed by atoms with van der Waals surface area (Å²) in [5.41, 5.74) is 3.68. The van der Waals surface area contributed by atoms with E-state index in [1.807, 2.05) is 6.07 Å². The number of rotatable bonds is 3. The topological polar surface area (TPSA) is 61.4 Å². The molecule has 0 saturated carbocycles. The Kier molecular flexibility index (Phi) is 3.81. The van der Waals surface area contributed by atoms with Crippen LogP contribution in [0.25, 0.3) is 0 Å². The molecule has 2 heterocycles. The summed E-state index contributed by atoms with van der Waals surface area (Å²) in [5, 5.41) is 5.98. The van der Waals surface area contributed by atoms with Crippen molar-refractivity contribution in [3.63, 3.8) is 0 Å². The van der Waals surface area contributed by atoms with Crippen molar-refractivity contribution in [1.29, 1.82) is 0 Å². The SMILES string of the molecule is O=C1CC2CCC(CN1)N2CC(=O)Nc1ccc2c(c1)CCC2. The number of nitrogens with zero attached hydrogens (tertiary/aromatic N) is 1. The number of carbonyl (C=O) groups is 2. The summed E-state index contributed by atoms with van der Waals surface area (Å²) >= 11 is 0. The zero-order valence-electron chi connectivity index (χ0n) is 13.3. The molecule has 122 valence electrons. The fourth-order valence-corrected chi connectivity index (χ4v) is 4.25. The lowest BCUT2D eigenvalue weighted by Gasteiger charge is -2.26. The molecule has 2 aliphatic heterocycles. The fraction of sp³-hybridized carbons (Fsp3) is 0.556. The van der Waals surface area contributed by atoms with Gasteiger partial charge < -0.3 is 10.6 Å². The van der Waals surface area contributed by atoms with Crippen molar-refractivity contribution in [2.45, 2.75) is 50.6 Å². The van der Waals surface area contributed by atoms with Crippen molar-refractivity contribution in [1.82, 2.24) is 10.2 Å². The molecule has 2 atom stereocenters. The number of aryl methyl sites for hydroxylation is 2. The van der Waals surface area contributed by atoms with Crippen molar-refractivity contribution >= 4 is 17.5 Å². The van der Waals surface area contributed by atoms with Crippen LogP contribution in [0.15, 0.2) is 18.2 Å². The van der Waals surface area contributed by atoms with E-state index in [1.165, 1.54) is 17.5 Å². The van der Waals surface area contributed by atoms with Gasteiger partial charge in [0.1, 0.15) is 0 Å². The number of carbonyl (C=O) groups excluding carboxylic acids is 2. The van der Waals surface area contributed by atoms with Crippen LogP contribution in [-0.2, 0) is 22.4 Å². The van der Waals surface area contributed by atoms with Gasteiger partial charge in [-0.3, -0.25) is 14.5 Å². The van der Waals surface area contributed by atoms with Crippen molar-refractivity contribution < 1.29 is 9.59 Å². The monoisotopic (exact) mass is 313 g/mol. The average Bonchev–Trinajstić information content (AvgIpc) is 3.07. The third-order valence-corrected chi connectivity index (χ3v) is 5.44. The first kappa shape index (κ1) is 14.7. The van der Waals surface area contributed by atoms with Gasteiger partial charge in [0.2, 0.25) is 11.8 Å². The van der Waals surface area contributed by atoms with Gasteiger partial charge in [0.15, 0.2) is 0 Å². The Morgan fingerprint density at radius 2 is 2.04 bits per heavy atom. The van der Waals surface area contributed by atoms with Crippen LogP contribution in [0.4, 0.5) is 5.69 Å². The van der Waals surface area contributed by atoms with E-state index >= 15 is 0 Å². The summed E-state index contributed by atoms with van der Waals surface area (Å²) in [6.45, 7) is 1.04. The predicted octanol–water partition coefficient (Wildman–Crippen LogP) is 1.47. The molecule has 2 unspecified atom stereocenters. The summed E-state index contributed by atoms with van der Waals surface area (Å²) in [6.07, 6.45) is 6.08. The van der Waals surface area contributed by atoms with Crippen LogP contribution >= 0.6 is 0 Å². The molecule has 2 saturated heterocycles. The van der Waals surface area contributed by atoms with E-state index in [2.05, 4.69) is 27.7 Å². The van der Waals surface area contributed by atoms with E-state index in [9.17, 15) is 9.59 Å². The second-order valence-electron chi connectivity index (χ2n) is 6.95. The van der Waals surface area contributed by atoms with Gasteiger partial charge in [-0.25, -0.2) is 0 Å². The molecule has 2 amide bonds. The highest BCUT2D eigenvalue weighted by molar-refractivity contribution is 5.92. The van der Waals surface area contributed by atoms with Crippen molar-refractivity contribution in [2.24, 2.45) is 0 Å². The van der Waals surface area contributed by atoms with Crippen molar-refractivity contribution in [3.8, 4) is 0 Å². The molecule has 0 radical (unpaired) electrons. The third kappa shape index (κ3) is 2.98. The number of amides is 2. The van der Waals surface area contributed by atoms with Crippen LogP contribution in [0.1, 0.15) is 36.8 Å². The maximum Gasteiger partial charge on any atom is 0.238 e. The van der Waals surface area contributed by atoms with Gasteiger partial charge in [-0.1, -0.05) is 6.07 Å². The number of anilines is 1. The number of fused-ring (bicyclic) bond motifs is 3. The lowest BCUT2D eigenvalue weighted by atomic mass is 10.1. The largest absolute Gasteiger partial charge is 0.354 e. The molecular weight excluding hydrogens is 290 g/mol. The second kappa shape index (κ2) is 5.96. The normalized spacial score (nSPS) is 26.5. The number of benzene rings is 1. The first-order chi connectivity index (χ1) is 11.2. The van der Waals surface area contributed by atoms with Crippen LogP contribution < -0.4 is 10.6 Å². The van der Waals surface area contributed by atoms with E-state index in [1.54, 1.807) is 0 Å². The highest BCUT2D eigenvalue weighted by atomic mass is 16.2. The average molecular weight is 313 g/mol. The molecule has 1 aromatic rings. The van der Waals surface area contributed by atoms with Gasteiger partial charge in [0, 0.05) is 30.7 Å². The summed E-state index contributed by atoms with van der Waals surface area (Å²) in [6, 6.07) is 6.77. The standard InChI is InChI=1S/C18H23N3O2/c22-17-9-15-6-7-16(10-19-17)21(15)11-18(23)20-14-5-4-12-2-1-3-13(12)8-14/h4-5,8,15-16H,1-3,6-7,9-11H2,(H,19,22)(H,20,23). The summed E-state index contributed by atoms with van der Waals surface area (Å²) in [5.74, 6) is 0.135. The summed E-state index contributed by atoms with van der Waals surface area (Å²) < 4.78 is 0. The zero-order valence-corrected chi connectivity index (χ0v) is 13.3. The Morgan fingerprint density at radius 1 is 1.22 bits per heavy atom. The Hall–Kier alpha value is -1.88. The van der Waals surface area contributed by atoms with Gasteiger partial charge in [-0.05, 0) is 55.4 Å². The lowest BCUT2D eigenvalue weighted by molar-refractivity contribution is -0.122. The molecule has 5 heteroatoms. The highest BCUT2D eigenvalue weighted by Gasteiger charge is 2.38. The summed E-state index contributed by atoms with van der Waals surface area (Å²) in [7, 11) is 0. The van der Waals surface area contributed by atoms with Gasteiger partial charge >= 0.3 is 0 Å². The third-order valence-electron chi connectivity index (χ3n) is 5.44. The van der Waals surface area contributed by atoms with Crippen LogP contribution in [-0.4, -0.2) is 41.9 Å². The molecule has 2 N–H and O–H groups in total. The van der Waals surface area contributed by atoms with E-state index in [4.69, 9.17) is 0 Å². The molecular formula is C18H23N3O2. The maximum atomic E-state index is 12.4. The van der Waals surface area contributed by atoms with Crippen LogP contribution in [0.2, 0.25) is 0 Å². The number of hydrogen-bond donors (Lipinski definition) is 2. The molecule has 3 aliphatic rings. The Morgan fingerprint density at radius 3 is 2.96 bits per heavy atom. The highest BCUT2D eigenvalue weighted by Crippen LogP contribution is 2.28. The molecule has 0 spiro atoms. The molecule has 0 aromatic heterocycles. The Bertz CT molecular complexity index is 643. The molecule has 1 aromatic carbocycles. The Balaban J connectivity index is 1.41. The molecule has 1 aliphatic carbocycles. The molecule has 4 rings (SSSR count).